The number of aromatic hydroxyl groups is 1. The van der Waals surface area contributed by atoms with Crippen molar-refractivity contribution >= 4 is 16.0 Å². The minimum atomic E-state index is -3.91. The second-order valence-corrected chi connectivity index (χ2v) is 4.51. The predicted molar refractivity (Wildman–Crippen MR) is 55.4 cm³/mol. The molecule has 0 radical (unpaired) electrons. The van der Waals surface area contributed by atoms with Gasteiger partial charge in [0, 0.05) is 0 Å². The molecule has 1 aromatic rings. The molecule has 16 heavy (non-hydrogen) atoms. The molecule has 0 saturated carbocycles. The highest BCUT2D eigenvalue weighted by Crippen LogP contribution is 2.21. The van der Waals surface area contributed by atoms with Crippen LogP contribution in [-0.4, -0.2) is 26.1 Å². The van der Waals surface area contributed by atoms with E-state index in [-0.39, 0.29) is 22.8 Å². The SMILES string of the molecule is CCOC(=O)c1cc(S(N)(=O)=O)ccc1O. The van der Waals surface area contributed by atoms with Gasteiger partial charge in [-0.2, -0.15) is 0 Å². The van der Waals surface area contributed by atoms with Gasteiger partial charge in [0.15, 0.2) is 0 Å². The lowest BCUT2D eigenvalue weighted by atomic mass is 10.2. The van der Waals surface area contributed by atoms with Gasteiger partial charge in [-0.05, 0) is 25.1 Å². The summed E-state index contributed by atoms with van der Waals surface area (Å²) in [5, 5.41) is 14.2. The van der Waals surface area contributed by atoms with E-state index in [1.165, 1.54) is 0 Å². The zero-order valence-corrected chi connectivity index (χ0v) is 9.32. The van der Waals surface area contributed by atoms with Gasteiger partial charge in [-0.1, -0.05) is 0 Å². The molecule has 1 rings (SSSR count). The Morgan fingerprint density at radius 3 is 2.62 bits per heavy atom. The molecule has 0 heterocycles. The van der Waals surface area contributed by atoms with Crippen molar-refractivity contribution < 1.29 is 23.1 Å². The van der Waals surface area contributed by atoms with Crippen molar-refractivity contribution in [2.75, 3.05) is 6.61 Å². The van der Waals surface area contributed by atoms with Crippen LogP contribution in [0.15, 0.2) is 23.1 Å². The van der Waals surface area contributed by atoms with Crippen molar-refractivity contribution in [1.82, 2.24) is 0 Å². The Kier molecular flexibility index (Phi) is 3.51. The zero-order chi connectivity index (χ0) is 12.3. The highest BCUT2D eigenvalue weighted by Gasteiger charge is 2.16. The molecular formula is C9H11NO5S. The second kappa shape index (κ2) is 4.50. The Morgan fingerprint density at radius 1 is 1.50 bits per heavy atom. The molecule has 0 aromatic heterocycles. The smallest absolute Gasteiger partial charge is 0.341 e. The van der Waals surface area contributed by atoms with Crippen LogP contribution in [0.5, 0.6) is 5.75 Å². The van der Waals surface area contributed by atoms with Crippen molar-refractivity contribution in [3.8, 4) is 5.75 Å². The first-order valence-corrected chi connectivity index (χ1v) is 5.94. The van der Waals surface area contributed by atoms with Crippen LogP contribution in [0.2, 0.25) is 0 Å². The van der Waals surface area contributed by atoms with Gasteiger partial charge in [0.2, 0.25) is 10.0 Å². The number of esters is 1. The molecule has 0 saturated heterocycles. The summed E-state index contributed by atoms with van der Waals surface area (Å²) in [6.07, 6.45) is 0. The highest BCUT2D eigenvalue weighted by atomic mass is 32.2. The van der Waals surface area contributed by atoms with Gasteiger partial charge in [-0.3, -0.25) is 0 Å². The summed E-state index contributed by atoms with van der Waals surface area (Å²) in [5.74, 6) is -1.16. The third-order valence-corrected chi connectivity index (χ3v) is 2.70. The molecule has 88 valence electrons. The van der Waals surface area contributed by atoms with E-state index in [4.69, 9.17) is 5.14 Å². The van der Waals surface area contributed by atoms with E-state index >= 15 is 0 Å². The van der Waals surface area contributed by atoms with Crippen molar-refractivity contribution in [2.24, 2.45) is 5.14 Å². The number of rotatable bonds is 3. The molecule has 0 spiro atoms. The van der Waals surface area contributed by atoms with E-state index < -0.39 is 16.0 Å². The van der Waals surface area contributed by atoms with Gasteiger partial charge in [-0.25, -0.2) is 18.4 Å². The van der Waals surface area contributed by atoms with E-state index in [1.54, 1.807) is 6.92 Å². The molecule has 3 N–H and O–H groups in total. The third kappa shape index (κ3) is 2.71. The molecule has 6 nitrogen and oxygen atoms in total. The number of sulfonamides is 1. The van der Waals surface area contributed by atoms with E-state index in [1.807, 2.05) is 0 Å². The number of benzene rings is 1. The molecule has 0 aliphatic heterocycles. The van der Waals surface area contributed by atoms with Crippen LogP contribution in [0.25, 0.3) is 0 Å². The summed E-state index contributed by atoms with van der Waals surface area (Å²) in [4.78, 5) is 11.1. The van der Waals surface area contributed by atoms with Gasteiger partial charge in [0.1, 0.15) is 11.3 Å². The average Bonchev–Trinajstić information content (AvgIpc) is 2.16. The average molecular weight is 245 g/mol. The molecule has 0 atom stereocenters. The predicted octanol–water partition coefficient (Wildman–Crippen LogP) is 0.216. The molecule has 7 heteroatoms. The highest BCUT2D eigenvalue weighted by molar-refractivity contribution is 7.89. The van der Waals surface area contributed by atoms with Crippen LogP contribution in [0.4, 0.5) is 0 Å². The lowest BCUT2D eigenvalue weighted by Gasteiger charge is -2.05. The van der Waals surface area contributed by atoms with Crippen LogP contribution in [0.1, 0.15) is 17.3 Å². The summed E-state index contributed by atoms with van der Waals surface area (Å²) in [5.41, 5.74) is -0.228. The molecule has 0 aliphatic carbocycles. The van der Waals surface area contributed by atoms with Gasteiger partial charge in [0.25, 0.3) is 0 Å². The number of nitrogens with two attached hydrogens (primary N) is 1. The maximum Gasteiger partial charge on any atom is 0.341 e. The fourth-order valence-electron chi connectivity index (χ4n) is 1.06. The Morgan fingerprint density at radius 2 is 2.12 bits per heavy atom. The number of ether oxygens (including phenoxy) is 1. The van der Waals surface area contributed by atoms with E-state index in [0.717, 1.165) is 18.2 Å². The minimum Gasteiger partial charge on any atom is -0.507 e. The fraction of sp³-hybridized carbons (Fsp3) is 0.222. The molecule has 0 bridgehead atoms. The van der Waals surface area contributed by atoms with Crippen LogP contribution < -0.4 is 5.14 Å². The maximum absolute atomic E-state index is 11.3. The number of hydrogen-bond donors (Lipinski definition) is 2. The molecular weight excluding hydrogens is 234 g/mol. The lowest BCUT2D eigenvalue weighted by molar-refractivity contribution is 0.0523. The summed E-state index contributed by atoms with van der Waals surface area (Å²) in [6, 6.07) is 3.15. The van der Waals surface area contributed by atoms with Crippen LogP contribution in [-0.2, 0) is 14.8 Å². The Balaban J connectivity index is 3.24. The fourth-order valence-corrected chi connectivity index (χ4v) is 1.60. The first-order chi connectivity index (χ1) is 7.36. The number of primary sulfonamides is 1. The van der Waals surface area contributed by atoms with Crippen LogP contribution in [0, 0.1) is 0 Å². The monoisotopic (exact) mass is 245 g/mol. The molecule has 1 aromatic carbocycles. The number of carbonyl (C=O) groups is 1. The zero-order valence-electron chi connectivity index (χ0n) is 8.50. The lowest BCUT2D eigenvalue weighted by Crippen LogP contribution is -2.13. The standard InChI is InChI=1S/C9H11NO5S/c1-2-15-9(12)7-5-6(16(10,13)14)3-4-8(7)11/h3-5,11H,2H2,1H3,(H2,10,13,14). The first kappa shape index (κ1) is 12.5. The van der Waals surface area contributed by atoms with Crippen molar-refractivity contribution in [1.29, 1.82) is 0 Å². The van der Waals surface area contributed by atoms with E-state index in [9.17, 15) is 18.3 Å². The van der Waals surface area contributed by atoms with Crippen LogP contribution >= 0.6 is 0 Å². The topological polar surface area (TPSA) is 107 Å². The van der Waals surface area contributed by atoms with Crippen molar-refractivity contribution in [3.05, 3.63) is 23.8 Å². The molecule has 0 unspecified atom stereocenters. The van der Waals surface area contributed by atoms with Crippen LogP contribution in [0.3, 0.4) is 0 Å². The first-order valence-electron chi connectivity index (χ1n) is 4.39. The van der Waals surface area contributed by atoms with Crippen molar-refractivity contribution in [2.45, 2.75) is 11.8 Å². The molecule has 0 fully saturated rings. The summed E-state index contributed by atoms with van der Waals surface area (Å²) in [6.45, 7) is 1.72. The van der Waals surface area contributed by atoms with E-state index in [2.05, 4.69) is 4.74 Å². The number of carbonyl (C=O) groups excluding carboxylic acids is 1. The normalized spacial score (nSPS) is 11.1. The van der Waals surface area contributed by atoms with E-state index in [0.29, 0.717) is 0 Å². The summed E-state index contributed by atoms with van der Waals surface area (Å²) in [7, 11) is -3.91. The number of phenols is 1. The van der Waals surface area contributed by atoms with Crippen molar-refractivity contribution in [3.63, 3.8) is 0 Å². The second-order valence-electron chi connectivity index (χ2n) is 2.94. The van der Waals surface area contributed by atoms with Gasteiger partial charge in [-0.15, -0.1) is 0 Å². The largest absolute Gasteiger partial charge is 0.507 e. The minimum absolute atomic E-state index is 0.123. The number of hydrogen-bond acceptors (Lipinski definition) is 5. The Labute approximate surface area is 92.7 Å². The summed E-state index contributed by atoms with van der Waals surface area (Å²) >= 11 is 0. The number of phenolic OH excluding ortho intramolecular Hbond substituents is 1. The Hall–Kier alpha value is -1.60. The maximum atomic E-state index is 11.3. The quantitative estimate of drug-likeness (QED) is 0.740. The van der Waals surface area contributed by atoms with Gasteiger partial charge >= 0.3 is 5.97 Å². The van der Waals surface area contributed by atoms with Gasteiger partial charge in [0.05, 0.1) is 11.5 Å². The summed E-state index contributed by atoms with van der Waals surface area (Å²) < 4.78 is 26.7. The molecule has 0 amide bonds. The molecule has 0 aliphatic rings. The van der Waals surface area contributed by atoms with Gasteiger partial charge < -0.3 is 9.84 Å². The third-order valence-electron chi connectivity index (χ3n) is 1.79. The Bertz CT molecular complexity index is 509.